The van der Waals surface area contributed by atoms with E-state index in [1.54, 1.807) is 11.3 Å². The summed E-state index contributed by atoms with van der Waals surface area (Å²) in [6.45, 7) is 4.46. The van der Waals surface area contributed by atoms with E-state index in [0.717, 1.165) is 24.3 Å². The molecule has 0 aliphatic rings. The van der Waals surface area contributed by atoms with Gasteiger partial charge in [-0.05, 0) is 12.3 Å². The molecule has 0 saturated heterocycles. The third kappa shape index (κ3) is 3.93. The second kappa shape index (κ2) is 6.36. The van der Waals surface area contributed by atoms with Gasteiger partial charge in [-0.25, -0.2) is 0 Å². The highest BCUT2D eigenvalue weighted by Gasteiger charge is 2.07. The van der Waals surface area contributed by atoms with Crippen LogP contribution in [0.1, 0.15) is 36.7 Å². The fraction of sp³-hybridized carbons (Fsp3) is 0.800. The lowest BCUT2D eigenvalue weighted by molar-refractivity contribution is 0.556. The zero-order chi connectivity index (χ0) is 10.4. The number of aryl methyl sites for hydroxylation is 1. The zero-order valence-electron chi connectivity index (χ0n) is 8.79. The summed E-state index contributed by atoms with van der Waals surface area (Å²) in [4.78, 5) is 0. The maximum Gasteiger partial charge on any atom is 0.117 e. The van der Waals surface area contributed by atoms with Gasteiger partial charge in [0.2, 0.25) is 0 Å². The van der Waals surface area contributed by atoms with Crippen molar-refractivity contribution in [3.8, 4) is 0 Å². The molecule has 0 bridgehead atoms. The highest BCUT2D eigenvalue weighted by atomic mass is 35.5. The monoisotopic (exact) mass is 232 g/mol. The number of halogens is 1. The van der Waals surface area contributed by atoms with Crippen LogP contribution >= 0.6 is 22.9 Å². The third-order valence-corrected chi connectivity index (χ3v) is 3.53. The van der Waals surface area contributed by atoms with Crippen LogP contribution in [0.3, 0.4) is 0 Å². The standard InChI is InChI=1S/C10H17ClN2S/c1-3-8(2)7-10-13-12-9(14-10)5-4-6-11/h8H,3-7H2,1-2H3. The molecule has 2 nitrogen and oxygen atoms in total. The van der Waals surface area contributed by atoms with Gasteiger partial charge in [-0.1, -0.05) is 20.3 Å². The normalized spacial score (nSPS) is 13.1. The number of alkyl halides is 1. The van der Waals surface area contributed by atoms with E-state index in [0.29, 0.717) is 11.8 Å². The molecule has 80 valence electrons. The molecule has 0 aliphatic carbocycles. The van der Waals surface area contributed by atoms with Crippen molar-refractivity contribution in [3.63, 3.8) is 0 Å². The highest BCUT2D eigenvalue weighted by Crippen LogP contribution is 2.17. The third-order valence-electron chi connectivity index (χ3n) is 2.25. The molecular formula is C10H17ClN2S. The Morgan fingerprint density at radius 3 is 2.71 bits per heavy atom. The molecule has 1 aromatic rings. The van der Waals surface area contributed by atoms with Crippen LogP contribution in [0.15, 0.2) is 0 Å². The maximum atomic E-state index is 5.62. The first-order valence-corrected chi connectivity index (χ1v) is 6.48. The van der Waals surface area contributed by atoms with Gasteiger partial charge < -0.3 is 0 Å². The Bertz CT molecular complexity index is 262. The summed E-state index contributed by atoms with van der Waals surface area (Å²) in [7, 11) is 0. The number of nitrogens with zero attached hydrogens (tertiary/aromatic N) is 2. The van der Waals surface area contributed by atoms with Crippen molar-refractivity contribution >= 4 is 22.9 Å². The second-order valence-corrected chi connectivity index (χ2v) is 5.12. The average Bonchev–Trinajstić information content (AvgIpc) is 2.62. The molecule has 0 aliphatic heterocycles. The van der Waals surface area contributed by atoms with Crippen LogP contribution < -0.4 is 0 Å². The quantitative estimate of drug-likeness (QED) is 0.704. The van der Waals surface area contributed by atoms with Crippen molar-refractivity contribution in [1.82, 2.24) is 10.2 Å². The van der Waals surface area contributed by atoms with Crippen LogP contribution in [0.25, 0.3) is 0 Å². The molecule has 0 N–H and O–H groups in total. The molecule has 0 fully saturated rings. The molecular weight excluding hydrogens is 216 g/mol. The predicted octanol–water partition coefficient (Wildman–Crippen LogP) is 3.30. The van der Waals surface area contributed by atoms with E-state index in [-0.39, 0.29) is 0 Å². The lowest BCUT2D eigenvalue weighted by Gasteiger charge is -2.02. The van der Waals surface area contributed by atoms with Gasteiger partial charge >= 0.3 is 0 Å². The first-order valence-electron chi connectivity index (χ1n) is 5.13. The molecule has 1 heterocycles. The van der Waals surface area contributed by atoms with E-state index in [4.69, 9.17) is 11.6 Å². The Labute approximate surface area is 94.7 Å². The molecule has 4 heteroatoms. The van der Waals surface area contributed by atoms with Gasteiger partial charge in [0.15, 0.2) is 0 Å². The fourth-order valence-electron chi connectivity index (χ4n) is 1.13. The summed E-state index contributed by atoms with van der Waals surface area (Å²) in [6, 6.07) is 0. The first-order chi connectivity index (χ1) is 6.76. The van der Waals surface area contributed by atoms with Gasteiger partial charge in [0.25, 0.3) is 0 Å². The van der Waals surface area contributed by atoms with Gasteiger partial charge in [-0.3, -0.25) is 0 Å². The van der Waals surface area contributed by atoms with Crippen LogP contribution in [-0.4, -0.2) is 16.1 Å². The van der Waals surface area contributed by atoms with Crippen molar-refractivity contribution in [2.24, 2.45) is 5.92 Å². The summed E-state index contributed by atoms with van der Waals surface area (Å²) in [5.74, 6) is 1.42. The van der Waals surface area contributed by atoms with Gasteiger partial charge in [0.1, 0.15) is 10.0 Å². The number of hydrogen-bond donors (Lipinski definition) is 0. The van der Waals surface area contributed by atoms with E-state index < -0.39 is 0 Å². The van der Waals surface area contributed by atoms with Crippen molar-refractivity contribution in [1.29, 1.82) is 0 Å². The van der Waals surface area contributed by atoms with Gasteiger partial charge in [0, 0.05) is 18.7 Å². The van der Waals surface area contributed by atoms with Crippen molar-refractivity contribution in [2.45, 2.75) is 39.5 Å². The number of rotatable bonds is 6. The van der Waals surface area contributed by atoms with Crippen LogP contribution in [-0.2, 0) is 12.8 Å². The zero-order valence-corrected chi connectivity index (χ0v) is 10.4. The molecule has 0 spiro atoms. The molecule has 14 heavy (non-hydrogen) atoms. The van der Waals surface area contributed by atoms with E-state index >= 15 is 0 Å². The molecule has 1 unspecified atom stereocenters. The minimum Gasteiger partial charge on any atom is -0.144 e. The second-order valence-electron chi connectivity index (χ2n) is 3.60. The van der Waals surface area contributed by atoms with E-state index in [9.17, 15) is 0 Å². The van der Waals surface area contributed by atoms with Crippen LogP contribution in [0.5, 0.6) is 0 Å². The number of aromatic nitrogens is 2. The molecule has 0 aromatic carbocycles. The van der Waals surface area contributed by atoms with E-state index in [1.807, 2.05) is 0 Å². The predicted molar refractivity (Wildman–Crippen MR) is 62.1 cm³/mol. The van der Waals surface area contributed by atoms with Crippen molar-refractivity contribution < 1.29 is 0 Å². The molecule has 0 radical (unpaired) electrons. The number of hydrogen-bond acceptors (Lipinski definition) is 3. The Kier molecular flexibility index (Phi) is 5.41. The first kappa shape index (κ1) is 11.9. The summed E-state index contributed by atoms with van der Waals surface area (Å²) in [5, 5.41) is 10.6. The Morgan fingerprint density at radius 2 is 2.07 bits per heavy atom. The van der Waals surface area contributed by atoms with Crippen LogP contribution in [0.4, 0.5) is 0 Å². The Morgan fingerprint density at radius 1 is 1.36 bits per heavy atom. The Hall–Kier alpha value is -0.150. The molecule has 1 atom stereocenters. The average molecular weight is 233 g/mol. The summed E-state index contributed by atoms with van der Waals surface area (Å²) < 4.78 is 0. The molecule has 0 saturated carbocycles. The van der Waals surface area contributed by atoms with Gasteiger partial charge in [-0.15, -0.1) is 33.1 Å². The van der Waals surface area contributed by atoms with Gasteiger partial charge in [0.05, 0.1) is 0 Å². The van der Waals surface area contributed by atoms with Crippen molar-refractivity contribution in [2.75, 3.05) is 5.88 Å². The minimum absolute atomic E-state index is 0.709. The largest absolute Gasteiger partial charge is 0.144 e. The summed E-state index contributed by atoms with van der Waals surface area (Å²) in [5.41, 5.74) is 0. The fourth-order valence-corrected chi connectivity index (χ4v) is 2.32. The highest BCUT2D eigenvalue weighted by molar-refractivity contribution is 7.11. The van der Waals surface area contributed by atoms with Crippen LogP contribution in [0, 0.1) is 5.92 Å². The summed E-state index contributed by atoms with van der Waals surface area (Å²) in [6.07, 6.45) is 4.24. The Balaban J connectivity index is 2.42. The molecule has 1 aromatic heterocycles. The van der Waals surface area contributed by atoms with Crippen molar-refractivity contribution in [3.05, 3.63) is 10.0 Å². The lowest BCUT2D eigenvalue weighted by atomic mass is 10.1. The molecule has 1 rings (SSSR count). The van der Waals surface area contributed by atoms with Crippen LogP contribution in [0.2, 0.25) is 0 Å². The SMILES string of the molecule is CCC(C)Cc1nnc(CCCCl)s1. The topological polar surface area (TPSA) is 25.8 Å². The smallest absolute Gasteiger partial charge is 0.117 e. The minimum atomic E-state index is 0.709. The van der Waals surface area contributed by atoms with Gasteiger partial charge in [-0.2, -0.15) is 0 Å². The lowest BCUT2D eigenvalue weighted by Crippen LogP contribution is -1.96. The van der Waals surface area contributed by atoms with E-state index in [1.165, 1.54) is 11.4 Å². The molecule has 0 amide bonds. The summed E-state index contributed by atoms with van der Waals surface area (Å²) >= 11 is 7.36. The van der Waals surface area contributed by atoms with E-state index in [2.05, 4.69) is 24.0 Å². The maximum absolute atomic E-state index is 5.62.